The van der Waals surface area contributed by atoms with Gasteiger partial charge in [0.15, 0.2) is 0 Å². The number of likely N-dealkylation sites (tertiary alicyclic amines) is 1. The normalized spacial score (nSPS) is 18.0. The minimum Gasteiger partial charge on any atom is -0.479 e. The highest BCUT2D eigenvalue weighted by molar-refractivity contribution is 5.96. The first kappa shape index (κ1) is 13.7. The van der Waals surface area contributed by atoms with Crippen LogP contribution in [0.4, 0.5) is 0 Å². The highest BCUT2D eigenvalue weighted by atomic mass is 16.5. The standard InChI is InChI=1S/C16H19N3O2/c1-18-11-14(15(17-18)21-2)16(20)19-9-8-13(10-19)12-6-4-3-5-7-12/h3-7,11,13H,8-10H2,1-2H3/t13-/m1/s1. The number of aryl methyl sites for hydroxylation is 1. The molecule has 5 heteroatoms. The fraction of sp³-hybridized carbons (Fsp3) is 0.375. The Morgan fingerprint density at radius 2 is 2.10 bits per heavy atom. The molecule has 0 spiro atoms. The van der Waals surface area contributed by atoms with Crippen LogP contribution in [0.5, 0.6) is 5.88 Å². The van der Waals surface area contributed by atoms with E-state index >= 15 is 0 Å². The number of ether oxygens (including phenoxy) is 1. The van der Waals surface area contributed by atoms with Crippen LogP contribution in [-0.2, 0) is 7.05 Å². The lowest BCUT2D eigenvalue weighted by atomic mass is 9.99. The first-order chi connectivity index (χ1) is 10.2. The highest BCUT2D eigenvalue weighted by Gasteiger charge is 2.30. The van der Waals surface area contributed by atoms with E-state index in [4.69, 9.17) is 4.74 Å². The van der Waals surface area contributed by atoms with Crippen LogP contribution in [0.1, 0.15) is 28.3 Å². The zero-order chi connectivity index (χ0) is 14.8. The molecule has 21 heavy (non-hydrogen) atoms. The van der Waals surface area contributed by atoms with Crippen molar-refractivity contribution in [2.75, 3.05) is 20.2 Å². The van der Waals surface area contributed by atoms with Crippen molar-refractivity contribution < 1.29 is 9.53 Å². The largest absolute Gasteiger partial charge is 0.479 e. The smallest absolute Gasteiger partial charge is 0.260 e. The predicted octanol–water partition coefficient (Wildman–Crippen LogP) is 2.06. The first-order valence-corrected chi connectivity index (χ1v) is 7.11. The van der Waals surface area contributed by atoms with Gasteiger partial charge in [0.25, 0.3) is 5.91 Å². The molecular weight excluding hydrogens is 266 g/mol. The number of hydrogen-bond acceptors (Lipinski definition) is 3. The molecule has 0 unspecified atom stereocenters. The van der Waals surface area contributed by atoms with E-state index in [1.807, 2.05) is 23.1 Å². The Labute approximate surface area is 124 Å². The van der Waals surface area contributed by atoms with Crippen molar-refractivity contribution in [1.82, 2.24) is 14.7 Å². The minimum absolute atomic E-state index is 0.00150. The fourth-order valence-corrected chi connectivity index (χ4v) is 2.88. The molecule has 1 fully saturated rings. The quantitative estimate of drug-likeness (QED) is 0.867. The van der Waals surface area contributed by atoms with E-state index in [1.54, 1.807) is 17.9 Å². The van der Waals surface area contributed by atoms with Gasteiger partial charge in [-0.1, -0.05) is 30.3 Å². The monoisotopic (exact) mass is 285 g/mol. The Balaban J connectivity index is 1.75. The molecule has 1 amide bonds. The number of benzene rings is 1. The van der Waals surface area contributed by atoms with Crippen LogP contribution in [0.15, 0.2) is 36.5 Å². The molecule has 1 aromatic heterocycles. The van der Waals surface area contributed by atoms with Crippen LogP contribution in [0.2, 0.25) is 0 Å². The summed E-state index contributed by atoms with van der Waals surface area (Å²) >= 11 is 0. The lowest BCUT2D eigenvalue weighted by Gasteiger charge is -2.16. The van der Waals surface area contributed by atoms with Crippen LogP contribution in [0.3, 0.4) is 0 Å². The molecule has 3 rings (SSSR count). The molecule has 110 valence electrons. The molecule has 2 aromatic rings. The second kappa shape index (κ2) is 5.60. The van der Waals surface area contributed by atoms with E-state index in [1.165, 1.54) is 12.7 Å². The molecule has 1 saturated heterocycles. The second-order valence-corrected chi connectivity index (χ2v) is 5.37. The lowest BCUT2D eigenvalue weighted by molar-refractivity contribution is 0.0787. The van der Waals surface area contributed by atoms with Gasteiger partial charge in [-0.3, -0.25) is 9.48 Å². The third-order valence-electron chi connectivity index (χ3n) is 3.97. The van der Waals surface area contributed by atoms with E-state index in [-0.39, 0.29) is 5.91 Å². The molecule has 1 aliphatic rings. The molecule has 0 N–H and O–H groups in total. The average molecular weight is 285 g/mol. The average Bonchev–Trinajstić information content (AvgIpc) is 3.14. The summed E-state index contributed by atoms with van der Waals surface area (Å²) in [6, 6.07) is 10.4. The Kier molecular flexibility index (Phi) is 3.64. The van der Waals surface area contributed by atoms with Crippen LogP contribution >= 0.6 is 0 Å². The van der Waals surface area contributed by atoms with Gasteiger partial charge in [0, 0.05) is 32.3 Å². The first-order valence-electron chi connectivity index (χ1n) is 7.11. The molecular formula is C16H19N3O2. The van der Waals surface area contributed by atoms with E-state index in [0.29, 0.717) is 17.4 Å². The minimum atomic E-state index is -0.00150. The summed E-state index contributed by atoms with van der Waals surface area (Å²) in [5.41, 5.74) is 1.83. The molecule has 0 aliphatic carbocycles. The van der Waals surface area contributed by atoms with Crippen LogP contribution in [0.25, 0.3) is 0 Å². The maximum absolute atomic E-state index is 12.6. The van der Waals surface area contributed by atoms with Gasteiger partial charge >= 0.3 is 0 Å². The number of carbonyl (C=O) groups is 1. The lowest BCUT2D eigenvalue weighted by Crippen LogP contribution is -2.28. The van der Waals surface area contributed by atoms with Gasteiger partial charge in [0.2, 0.25) is 5.88 Å². The number of nitrogens with zero attached hydrogens (tertiary/aromatic N) is 3. The van der Waals surface area contributed by atoms with Crippen molar-refractivity contribution in [3.8, 4) is 5.88 Å². The van der Waals surface area contributed by atoms with E-state index in [0.717, 1.165) is 19.5 Å². The topological polar surface area (TPSA) is 47.4 Å². The van der Waals surface area contributed by atoms with Crippen molar-refractivity contribution >= 4 is 5.91 Å². The molecule has 1 aromatic carbocycles. The zero-order valence-corrected chi connectivity index (χ0v) is 12.3. The van der Waals surface area contributed by atoms with E-state index < -0.39 is 0 Å². The number of carbonyl (C=O) groups excluding carboxylic acids is 1. The summed E-state index contributed by atoms with van der Waals surface area (Å²) < 4.78 is 6.79. The van der Waals surface area contributed by atoms with Crippen molar-refractivity contribution in [1.29, 1.82) is 0 Å². The third kappa shape index (κ3) is 2.63. The SMILES string of the molecule is COc1nn(C)cc1C(=O)N1CC[C@@H](c2ccccc2)C1. The van der Waals surface area contributed by atoms with Crippen molar-refractivity contribution in [2.24, 2.45) is 7.05 Å². The summed E-state index contributed by atoms with van der Waals surface area (Å²) in [6.45, 7) is 1.53. The summed E-state index contributed by atoms with van der Waals surface area (Å²) in [5.74, 6) is 0.807. The van der Waals surface area contributed by atoms with Gasteiger partial charge in [0.05, 0.1) is 7.11 Å². The number of aromatic nitrogens is 2. The van der Waals surface area contributed by atoms with E-state index in [9.17, 15) is 4.79 Å². The third-order valence-corrected chi connectivity index (χ3v) is 3.97. The summed E-state index contributed by atoms with van der Waals surface area (Å²) in [7, 11) is 3.33. The maximum Gasteiger partial charge on any atom is 0.260 e. The van der Waals surface area contributed by atoms with Crippen LogP contribution < -0.4 is 4.74 Å². The summed E-state index contributed by atoms with van der Waals surface area (Å²) in [6.07, 6.45) is 2.72. The molecule has 1 atom stereocenters. The van der Waals surface area contributed by atoms with Gasteiger partial charge in [-0.2, -0.15) is 0 Å². The molecule has 0 radical (unpaired) electrons. The van der Waals surface area contributed by atoms with Gasteiger partial charge in [-0.25, -0.2) is 0 Å². The Morgan fingerprint density at radius 3 is 2.81 bits per heavy atom. The Bertz CT molecular complexity index is 636. The molecule has 1 aliphatic heterocycles. The van der Waals surface area contributed by atoms with Crippen molar-refractivity contribution in [2.45, 2.75) is 12.3 Å². The van der Waals surface area contributed by atoms with Crippen molar-refractivity contribution in [3.63, 3.8) is 0 Å². The predicted molar refractivity (Wildman–Crippen MR) is 79.5 cm³/mol. The van der Waals surface area contributed by atoms with Gasteiger partial charge in [-0.15, -0.1) is 5.10 Å². The molecule has 0 saturated carbocycles. The zero-order valence-electron chi connectivity index (χ0n) is 12.3. The van der Waals surface area contributed by atoms with Gasteiger partial charge < -0.3 is 9.64 Å². The molecule has 2 heterocycles. The van der Waals surface area contributed by atoms with Gasteiger partial charge in [0.1, 0.15) is 5.56 Å². The summed E-state index contributed by atoms with van der Waals surface area (Å²) in [4.78, 5) is 14.5. The van der Waals surface area contributed by atoms with Crippen LogP contribution in [0, 0.1) is 0 Å². The number of hydrogen-bond donors (Lipinski definition) is 0. The molecule has 5 nitrogen and oxygen atoms in total. The molecule has 0 bridgehead atoms. The van der Waals surface area contributed by atoms with Crippen LogP contribution in [-0.4, -0.2) is 40.8 Å². The van der Waals surface area contributed by atoms with Gasteiger partial charge in [-0.05, 0) is 12.0 Å². The summed E-state index contributed by atoms with van der Waals surface area (Å²) in [5, 5.41) is 4.15. The second-order valence-electron chi connectivity index (χ2n) is 5.37. The Morgan fingerprint density at radius 1 is 1.33 bits per heavy atom. The number of rotatable bonds is 3. The van der Waals surface area contributed by atoms with E-state index in [2.05, 4.69) is 17.2 Å². The number of methoxy groups -OCH3 is 1. The Hall–Kier alpha value is -2.30. The maximum atomic E-state index is 12.6. The highest BCUT2D eigenvalue weighted by Crippen LogP contribution is 2.29. The fourth-order valence-electron chi connectivity index (χ4n) is 2.88. The number of amides is 1. The van der Waals surface area contributed by atoms with Crippen molar-refractivity contribution in [3.05, 3.63) is 47.7 Å².